The van der Waals surface area contributed by atoms with Crippen molar-refractivity contribution in [1.29, 1.82) is 0 Å². The Bertz CT molecular complexity index is 4170. The van der Waals surface area contributed by atoms with E-state index in [2.05, 4.69) is 118 Å². The fraction of sp³-hybridized carbons (Fsp3) is 0.474. The van der Waals surface area contributed by atoms with E-state index >= 15 is 0 Å². The molecule has 590 valence electrons. The van der Waals surface area contributed by atoms with Gasteiger partial charge in [-0.25, -0.2) is 19.9 Å². The van der Waals surface area contributed by atoms with Crippen LogP contribution >= 0.6 is 0 Å². The predicted molar refractivity (Wildman–Crippen MR) is 343 cm³/mol. The predicted octanol–water partition coefficient (Wildman–Crippen LogP) is 12.6. The third-order valence-electron chi connectivity index (χ3n) is 13.7. The van der Waals surface area contributed by atoms with Gasteiger partial charge in [-0.15, -0.1) is 0 Å². The number of nitrogens with one attached hydrogen (secondary N) is 9. The van der Waals surface area contributed by atoms with E-state index in [1.165, 1.54) is 35.6 Å². The molecule has 0 aromatic carbocycles. The summed E-state index contributed by atoms with van der Waals surface area (Å²) in [6, 6.07) is -8.96. The van der Waals surface area contributed by atoms with Crippen LogP contribution in [-0.2, 0) is 55.9 Å². The van der Waals surface area contributed by atoms with Gasteiger partial charge in [0.1, 0.15) is 45.5 Å². The van der Waals surface area contributed by atoms with Gasteiger partial charge < -0.3 is 63.1 Å². The van der Waals surface area contributed by atoms with Crippen LogP contribution in [0.5, 0.6) is 0 Å². The Balaban J connectivity index is 0.000000256. The monoisotopic (exact) mass is 1560 g/mol. The number of rotatable bonds is 28. The van der Waals surface area contributed by atoms with Gasteiger partial charge in [0, 0.05) is 64.2 Å². The van der Waals surface area contributed by atoms with Crippen LogP contribution < -0.4 is 53.6 Å². The number of likely N-dealkylation sites (N-methyl/N-ethyl adjacent to an activating group) is 1. The number of hydrogen-bond acceptors (Lipinski definition) is 24. The second-order valence-electron chi connectivity index (χ2n) is 21.7. The summed E-state index contributed by atoms with van der Waals surface area (Å²) >= 11 is 0. The van der Waals surface area contributed by atoms with Crippen molar-refractivity contribution in [2.24, 2.45) is 5.73 Å². The summed E-state index contributed by atoms with van der Waals surface area (Å²) in [5.74, 6) is -5.74. The molecule has 0 spiro atoms. The molecule has 8 aromatic rings. The summed E-state index contributed by atoms with van der Waals surface area (Å²) in [5, 5.41) is 37.7. The maximum atomic E-state index is 13.9. The third kappa shape index (κ3) is 23.8. The van der Waals surface area contributed by atoms with E-state index in [0.717, 1.165) is 19.4 Å². The summed E-state index contributed by atoms with van der Waals surface area (Å²) in [6.45, 7) is 10.3. The van der Waals surface area contributed by atoms with Crippen molar-refractivity contribution < 1.29 is 107 Å². The van der Waals surface area contributed by atoms with Gasteiger partial charge in [-0.3, -0.25) is 19.0 Å². The topological polar surface area (TPSA) is 361 Å². The maximum Gasteiger partial charge on any atom is 0.422 e. The average molecular weight is 1560 g/mol. The number of aryl methyl sites for hydroxylation is 3. The maximum absolute atomic E-state index is 13.9. The van der Waals surface area contributed by atoms with Crippen molar-refractivity contribution in [2.45, 2.75) is 131 Å². The van der Waals surface area contributed by atoms with Crippen LogP contribution in [0.2, 0.25) is 0 Å². The number of aromatic nitrogens is 16. The summed E-state index contributed by atoms with van der Waals surface area (Å²) in [5.41, 5.74) is 2.51. The number of halogens is 20. The molecule has 0 bridgehead atoms. The lowest BCUT2D eigenvalue weighted by molar-refractivity contribution is -0.163. The minimum Gasteiger partial charge on any atom is -0.370 e. The molecule has 107 heavy (non-hydrogen) atoms. The minimum atomic E-state index is -4.67. The number of amides is 2. The molecule has 0 saturated heterocycles. The van der Waals surface area contributed by atoms with E-state index in [1.807, 2.05) is 5.32 Å². The van der Waals surface area contributed by atoms with Gasteiger partial charge >= 0.3 is 61.8 Å². The number of alkyl halides is 20. The van der Waals surface area contributed by atoms with Crippen molar-refractivity contribution in [2.75, 3.05) is 89.0 Å². The zero-order valence-corrected chi connectivity index (χ0v) is 57.6. The first-order valence-corrected chi connectivity index (χ1v) is 30.8. The molecule has 50 heteroatoms. The van der Waals surface area contributed by atoms with E-state index in [1.54, 1.807) is 55.4 Å². The molecule has 2 amide bonds. The number of carbonyl (C=O) groups excluding carboxylic acids is 2. The Kier molecular flexibility index (Phi) is 29.4. The van der Waals surface area contributed by atoms with Gasteiger partial charge in [-0.2, -0.15) is 138 Å². The summed E-state index contributed by atoms with van der Waals surface area (Å²) in [4.78, 5) is 51.7. The molecule has 0 aliphatic rings. The van der Waals surface area contributed by atoms with Gasteiger partial charge in [0.15, 0.2) is 0 Å². The van der Waals surface area contributed by atoms with Crippen molar-refractivity contribution in [3.8, 4) is 0 Å². The fourth-order valence-corrected chi connectivity index (χ4v) is 8.50. The first kappa shape index (κ1) is 86.7. The molecule has 8 rings (SSSR count). The number of anilines is 12. The fourth-order valence-electron chi connectivity index (χ4n) is 8.50. The number of hydrogen-bond donors (Lipinski definition) is 10. The molecule has 0 saturated carbocycles. The Morgan fingerprint density at radius 1 is 0.458 bits per heavy atom. The van der Waals surface area contributed by atoms with Crippen LogP contribution in [0.25, 0.3) is 0 Å². The van der Waals surface area contributed by atoms with Crippen molar-refractivity contribution in [3.63, 3.8) is 0 Å². The van der Waals surface area contributed by atoms with Crippen molar-refractivity contribution in [1.82, 2.24) is 84.3 Å². The first-order chi connectivity index (χ1) is 49.7. The zero-order chi connectivity index (χ0) is 80.5. The summed E-state index contributed by atoms with van der Waals surface area (Å²) in [7, 11) is 1.05. The van der Waals surface area contributed by atoms with E-state index in [0.29, 0.717) is 47.6 Å². The van der Waals surface area contributed by atoms with Gasteiger partial charge in [0.25, 0.3) is 0 Å². The van der Waals surface area contributed by atoms with Crippen LogP contribution in [0, 0.1) is 27.7 Å². The minimum absolute atomic E-state index is 0.000727. The number of nitrogens with two attached hydrogens (primary N) is 1. The second-order valence-corrected chi connectivity index (χ2v) is 21.7. The largest absolute Gasteiger partial charge is 0.422 e. The number of primary amides is 1. The van der Waals surface area contributed by atoms with Gasteiger partial charge in [-0.05, 0) is 69.2 Å². The molecule has 11 N–H and O–H groups in total. The lowest BCUT2D eigenvalue weighted by atomic mass is 10.3. The molecule has 0 aliphatic carbocycles. The molecule has 2 atom stereocenters. The zero-order valence-electron chi connectivity index (χ0n) is 57.6. The van der Waals surface area contributed by atoms with Crippen LogP contribution in [0.1, 0.15) is 98.7 Å². The lowest BCUT2D eigenvalue weighted by Crippen LogP contribution is -2.41. The summed E-state index contributed by atoms with van der Waals surface area (Å²) in [6.07, 6.45) is -11.5. The second kappa shape index (κ2) is 36.3. The highest BCUT2D eigenvalue weighted by atomic mass is 19.4. The molecule has 8 heterocycles. The molecule has 30 nitrogen and oxygen atoms in total. The first-order valence-electron chi connectivity index (χ1n) is 30.8. The number of nitrogens with zero attached hydrogens (tertiary/aromatic N) is 16. The Labute approximate surface area is 592 Å². The van der Waals surface area contributed by atoms with Crippen LogP contribution in [0.4, 0.5) is 158 Å². The van der Waals surface area contributed by atoms with Gasteiger partial charge in [0.2, 0.25) is 23.8 Å². The van der Waals surface area contributed by atoms with Gasteiger partial charge in [0.05, 0.1) is 89.4 Å². The number of carbonyl (C=O) groups is 2. The molecule has 2 unspecified atom stereocenters. The van der Waals surface area contributed by atoms with Crippen LogP contribution in [0.3, 0.4) is 0 Å². The van der Waals surface area contributed by atoms with Crippen molar-refractivity contribution >= 4 is 81.6 Å². The molecular formula is C57H68F20N26O4. The highest BCUT2D eigenvalue weighted by Crippen LogP contribution is 2.39. The quantitative estimate of drug-likeness (QED) is 0.0204. The van der Waals surface area contributed by atoms with Crippen molar-refractivity contribution in [3.05, 3.63) is 94.6 Å². The number of ether oxygens (including phenoxy) is 2. The smallest absolute Gasteiger partial charge is 0.370 e. The van der Waals surface area contributed by atoms with Crippen LogP contribution in [0.15, 0.2) is 49.6 Å². The third-order valence-corrected chi connectivity index (χ3v) is 13.7. The SMILES string of the molecule is CCNc1nc(Nc2cn(C(C)COC(F)F)nc2C)ncc1C(F)(F)F.CCNc1nc(Nc2cn(C(F)(F)C(=O)NC)nc2C)ncc1C(F)(F)F.CCNc1nc(Nc2cn(C(F)(F)C(N)=O)nc2C)ncc1C(F)(F)F.CCNc1nc(Nc2cnn(C(C)COC(F)F)c2C)ncc1C(F)(F)F. The van der Waals surface area contributed by atoms with Crippen LogP contribution in [-0.4, -0.2) is 150 Å². The molecule has 0 aliphatic heterocycles. The van der Waals surface area contributed by atoms with E-state index < -0.39 is 108 Å². The van der Waals surface area contributed by atoms with Gasteiger partial charge in [-0.1, -0.05) is 0 Å². The van der Waals surface area contributed by atoms with E-state index in [-0.39, 0.29) is 107 Å². The Morgan fingerprint density at radius 3 is 1.07 bits per heavy atom. The molecule has 0 fully saturated rings. The lowest BCUT2D eigenvalue weighted by Gasteiger charge is -2.15. The summed E-state index contributed by atoms with van der Waals surface area (Å²) < 4.78 is 271. The molecular weight excluding hydrogens is 1490 g/mol. The van der Waals surface area contributed by atoms with E-state index in [9.17, 15) is 97.4 Å². The highest BCUT2D eigenvalue weighted by Gasteiger charge is 2.44. The Morgan fingerprint density at radius 2 is 0.766 bits per heavy atom. The van der Waals surface area contributed by atoms with E-state index in [4.69, 9.17) is 0 Å². The normalized spacial score (nSPS) is 12.6. The Hall–Kier alpha value is -11.0. The highest BCUT2D eigenvalue weighted by molar-refractivity contribution is 5.81. The standard InChI is InChI=1S/2C15H19F5N6O.C14H16F5N7O.C13H14F5N7O/c1-4-21-12-10(15(18,19)20)5-22-14(24-12)23-11-6-26(25-9(11)3)8(2)7-27-13(16)17;1-4-21-12-10(15(18,19)20)5-22-14(25-12)24-11-6-23-26(9(11)3)8(2)7-27-13(16)17;1-4-21-10-8(13(15,16)17)5-22-12(24-10)23-9-6-26(25-7(9)2)14(18,19)11(27)20-3;1-3-20-9-7(12(14,15)16)4-21-11(23-9)22-8-5-25(24-6(8)2)13(17,18)10(19)26/h5-6,8,13H,4,7H2,1-3H3,(H2,21,22,23,24);5-6,8,13H,4,7H2,1-3H3,(H2,21,22,24,25);5-6H,4H2,1-3H3,(H,20,27)(H2,21,22,23,24);4-5H,3H2,1-2H3,(H2,19,26)(H2,20,21,22,23). The molecule has 8 aromatic heterocycles. The average Bonchev–Trinajstić information content (AvgIpc) is 1.69. The molecule has 0 radical (unpaired) electrons.